The highest BCUT2D eigenvalue weighted by molar-refractivity contribution is 4.85. The topological polar surface area (TPSA) is 0 Å². The summed E-state index contributed by atoms with van der Waals surface area (Å²) in [7, 11) is 0. The highest BCUT2D eigenvalue weighted by Crippen LogP contribution is 2.07. The first-order chi connectivity index (χ1) is 4.41. The second-order valence-corrected chi connectivity index (χ2v) is 2.16. The third-order valence-corrected chi connectivity index (χ3v) is 1.16. The predicted octanol–water partition coefficient (Wildman–Crippen LogP) is 3.31. The van der Waals surface area contributed by atoms with Crippen LogP contribution in [0.1, 0.15) is 32.6 Å². The molecule has 1 aliphatic carbocycles. The van der Waals surface area contributed by atoms with E-state index in [1.807, 2.05) is 6.92 Å². The van der Waals surface area contributed by atoms with Crippen molar-refractivity contribution in [2.75, 3.05) is 0 Å². The Morgan fingerprint density at radius 3 is 1.67 bits per heavy atom. The lowest BCUT2D eigenvalue weighted by atomic mass is 10.1. The minimum Gasteiger partial charge on any atom is -0.103 e. The summed E-state index contributed by atoms with van der Waals surface area (Å²) in [5.41, 5.74) is 0. The van der Waals surface area contributed by atoms with Crippen molar-refractivity contribution in [2.45, 2.75) is 32.6 Å². The molecule has 0 aromatic heterocycles. The van der Waals surface area contributed by atoms with Crippen LogP contribution in [0.3, 0.4) is 0 Å². The minimum atomic E-state index is 1.32. The average molecular weight is 124 g/mol. The minimum absolute atomic E-state index is 1.32. The van der Waals surface area contributed by atoms with Crippen LogP contribution in [0, 0.1) is 0 Å². The summed E-state index contributed by atoms with van der Waals surface area (Å²) in [6.45, 7) is 5.25. The maximum Gasteiger partial charge on any atom is -0.0351 e. The Bertz CT molecular complexity index is 72.0. The van der Waals surface area contributed by atoms with Gasteiger partial charge >= 0.3 is 0 Å². The molecule has 0 bridgehead atoms. The Balaban J connectivity index is 0.000000187. The van der Waals surface area contributed by atoms with Gasteiger partial charge in [-0.2, -0.15) is 0 Å². The first kappa shape index (κ1) is 8.48. The van der Waals surface area contributed by atoms with Crippen LogP contribution in [-0.2, 0) is 0 Å². The molecule has 0 unspecified atom stereocenters. The van der Waals surface area contributed by atoms with Gasteiger partial charge in [-0.25, -0.2) is 0 Å². The van der Waals surface area contributed by atoms with Crippen LogP contribution in [0.2, 0.25) is 0 Å². The summed E-state index contributed by atoms with van der Waals surface area (Å²) in [6, 6.07) is 0. The number of rotatable bonds is 0. The molecule has 52 valence electrons. The van der Waals surface area contributed by atoms with Crippen LogP contribution >= 0.6 is 0 Å². The van der Waals surface area contributed by atoms with Crippen LogP contribution in [-0.4, -0.2) is 0 Å². The summed E-state index contributed by atoms with van der Waals surface area (Å²) in [5, 5.41) is 0. The fourth-order valence-electron chi connectivity index (χ4n) is 0.760. The Kier molecular flexibility index (Phi) is 7.05. The van der Waals surface area contributed by atoms with E-state index in [0.717, 1.165) is 0 Å². The van der Waals surface area contributed by atoms with Crippen molar-refractivity contribution >= 4 is 0 Å². The van der Waals surface area contributed by atoms with Crippen LogP contribution in [0.4, 0.5) is 0 Å². The van der Waals surface area contributed by atoms with Crippen LogP contribution in [0.15, 0.2) is 24.8 Å². The molecule has 0 nitrogen and oxygen atoms in total. The van der Waals surface area contributed by atoms with Gasteiger partial charge in [0.15, 0.2) is 0 Å². The van der Waals surface area contributed by atoms with E-state index in [-0.39, 0.29) is 0 Å². The Labute approximate surface area is 58.3 Å². The molecule has 0 fully saturated rings. The largest absolute Gasteiger partial charge is 0.103 e. The lowest BCUT2D eigenvalue weighted by molar-refractivity contribution is 0.730. The number of hydrogen-bond donors (Lipinski definition) is 0. The second kappa shape index (κ2) is 7.48. The first-order valence-corrected chi connectivity index (χ1v) is 3.64. The lowest BCUT2D eigenvalue weighted by Gasteiger charge is -1.97. The van der Waals surface area contributed by atoms with Crippen molar-refractivity contribution in [3.8, 4) is 0 Å². The van der Waals surface area contributed by atoms with Gasteiger partial charge in [0.25, 0.3) is 0 Å². The molecular weight excluding hydrogens is 108 g/mol. The Hall–Kier alpha value is -0.520. The van der Waals surface area contributed by atoms with Gasteiger partial charge in [-0.15, -0.1) is 6.58 Å². The fourth-order valence-corrected chi connectivity index (χ4v) is 0.760. The second-order valence-electron chi connectivity index (χ2n) is 2.16. The van der Waals surface area contributed by atoms with E-state index in [1.165, 1.54) is 25.7 Å². The highest BCUT2D eigenvalue weighted by atomic mass is 13.9. The van der Waals surface area contributed by atoms with Crippen LogP contribution in [0.25, 0.3) is 0 Å². The maximum atomic E-state index is 3.36. The van der Waals surface area contributed by atoms with Gasteiger partial charge in [-0.3, -0.25) is 0 Å². The van der Waals surface area contributed by atoms with Gasteiger partial charge in [0.2, 0.25) is 0 Å². The van der Waals surface area contributed by atoms with E-state index in [9.17, 15) is 0 Å². The van der Waals surface area contributed by atoms with E-state index in [2.05, 4.69) is 18.7 Å². The molecule has 1 rings (SSSR count). The highest BCUT2D eigenvalue weighted by Gasteiger charge is 1.87. The molecule has 0 radical (unpaired) electrons. The van der Waals surface area contributed by atoms with E-state index in [0.29, 0.717) is 0 Å². The third-order valence-electron chi connectivity index (χ3n) is 1.16. The molecule has 1 aliphatic rings. The molecule has 0 aromatic rings. The normalized spacial score (nSPS) is 15.7. The molecule has 0 aliphatic heterocycles. The summed E-state index contributed by atoms with van der Waals surface area (Å²) in [5.74, 6) is 0. The number of allylic oxidation sites excluding steroid dienone is 3. The predicted molar refractivity (Wildman–Crippen MR) is 43.5 cm³/mol. The fraction of sp³-hybridized carbons (Fsp3) is 0.556. The molecule has 0 heteroatoms. The van der Waals surface area contributed by atoms with Crippen LogP contribution < -0.4 is 0 Å². The molecule has 9 heavy (non-hydrogen) atoms. The van der Waals surface area contributed by atoms with Gasteiger partial charge in [-0.05, 0) is 32.6 Å². The molecule has 0 saturated heterocycles. The van der Waals surface area contributed by atoms with E-state index >= 15 is 0 Å². The molecule has 0 aromatic carbocycles. The van der Waals surface area contributed by atoms with Gasteiger partial charge in [-0.1, -0.05) is 18.2 Å². The molecule has 0 N–H and O–H groups in total. The molecule has 0 amide bonds. The third kappa shape index (κ3) is 7.48. The molecule has 0 spiro atoms. The Morgan fingerprint density at radius 1 is 1.22 bits per heavy atom. The van der Waals surface area contributed by atoms with Crippen molar-refractivity contribution < 1.29 is 0 Å². The molecular formula is C9H16. The zero-order valence-electron chi connectivity index (χ0n) is 6.27. The SMILES string of the molecule is C1=CCCCC1.C=CC. The standard InChI is InChI=1S/C6H10.C3H6/c1-2-4-6-5-3-1;1-3-2/h1-2H,3-6H2;3H,1H2,2H3. The molecule has 0 saturated carbocycles. The van der Waals surface area contributed by atoms with Crippen molar-refractivity contribution in [2.24, 2.45) is 0 Å². The van der Waals surface area contributed by atoms with Crippen molar-refractivity contribution in [3.05, 3.63) is 24.8 Å². The quantitative estimate of drug-likeness (QED) is 0.434. The zero-order valence-corrected chi connectivity index (χ0v) is 6.27. The van der Waals surface area contributed by atoms with E-state index in [4.69, 9.17) is 0 Å². The Morgan fingerprint density at radius 2 is 1.56 bits per heavy atom. The smallest absolute Gasteiger partial charge is 0.0351 e. The molecule has 0 heterocycles. The van der Waals surface area contributed by atoms with E-state index in [1.54, 1.807) is 6.08 Å². The first-order valence-electron chi connectivity index (χ1n) is 3.64. The summed E-state index contributed by atoms with van der Waals surface area (Å²) < 4.78 is 0. The van der Waals surface area contributed by atoms with Crippen molar-refractivity contribution in [1.29, 1.82) is 0 Å². The average Bonchev–Trinajstić information content (AvgIpc) is 1.93. The van der Waals surface area contributed by atoms with Crippen molar-refractivity contribution in [1.82, 2.24) is 0 Å². The monoisotopic (exact) mass is 124 g/mol. The zero-order chi connectivity index (χ0) is 6.95. The van der Waals surface area contributed by atoms with Crippen LogP contribution in [0.5, 0.6) is 0 Å². The van der Waals surface area contributed by atoms with Gasteiger partial charge in [0.1, 0.15) is 0 Å². The maximum absolute atomic E-state index is 3.36. The summed E-state index contributed by atoms with van der Waals surface area (Å²) in [6.07, 6.45) is 11.8. The van der Waals surface area contributed by atoms with E-state index < -0.39 is 0 Å². The van der Waals surface area contributed by atoms with Crippen molar-refractivity contribution in [3.63, 3.8) is 0 Å². The lowest BCUT2D eigenvalue weighted by Crippen LogP contribution is -1.77. The van der Waals surface area contributed by atoms with Gasteiger partial charge in [0, 0.05) is 0 Å². The van der Waals surface area contributed by atoms with Gasteiger partial charge < -0.3 is 0 Å². The summed E-state index contributed by atoms with van der Waals surface area (Å²) in [4.78, 5) is 0. The summed E-state index contributed by atoms with van der Waals surface area (Å²) >= 11 is 0. The van der Waals surface area contributed by atoms with Gasteiger partial charge in [0.05, 0.1) is 0 Å². The number of hydrogen-bond acceptors (Lipinski definition) is 0. The molecule has 0 atom stereocenters.